The second-order valence-electron chi connectivity index (χ2n) is 7.08. The maximum atomic E-state index is 12.7. The van der Waals surface area contributed by atoms with Crippen LogP contribution in [0.15, 0.2) is 0 Å². The summed E-state index contributed by atoms with van der Waals surface area (Å²) >= 11 is 0. The van der Waals surface area contributed by atoms with E-state index >= 15 is 0 Å². The van der Waals surface area contributed by atoms with E-state index in [1.807, 2.05) is 4.90 Å². The van der Waals surface area contributed by atoms with Crippen LogP contribution in [0.3, 0.4) is 0 Å². The maximum absolute atomic E-state index is 12.7. The Balaban J connectivity index is 1.66. The second kappa shape index (κ2) is 5.85. The highest BCUT2D eigenvalue weighted by molar-refractivity contribution is 5.77. The van der Waals surface area contributed by atoms with Gasteiger partial charge in [-0.2, -0.15) is 0 Å². The number of nitrogens with zero attached hydrogens (tertiary/aromatic N) is 1. The lowest BCUT2D eigenvalue weighted by Gasteiger charge is -2.36. The van der Waals surface area contributed by atoms with E-state index < -0.39 is 11.5 Å². The fourth-order valence-electron chi connectivity index (χ4n) is 4.64. The standard InChI is InChI=1S/C16H26N2O3/c19-14(20)11-16(8-3-4-9-16)17-15(21)18-10-7-12-5-1-2-6-13(12)18/h12-13H,1-11H2,(H,17,21)(H,19,20). The maximum Gasteiger partial charge on any atom is 0.318 e. The predicted octanol–water partition coefficient (Wildman–Crippen LogP) is 2.75. The number of likely N-dealkylation sites (tertiary alicyclic amines) is 1. The molecule has 5 heteroatoms. The Morgan fingerprint density at radius 2 is 1.81 bits per heavy atom. The summed E-state index contributed by atoms with van der Waals surface area (Å²) in [6.07, 6.45) is 9.66. The number of hydrogen-bond donors (Lipinski definition) is 2. The molecule has 3 fully saturated rings. The van der Waals surface area contributed by atoms with Crippen LogP contribution >= 0.6 is 0 Å². The number of aliphatic carboxylic acids is 1. The minimum atomic E-state index is -0.811. The number of rotatable bonds is 3. The summed E-state index contributed by atoms with van der Waals surface area (Å²) in [6, 6.07) is 0.370. The van der Waals surface area contributed by atoms with Crippen LogP contribution in [0.2, 0.25) is 0 Å². The number of fused-ring (bicyclic) bond motifs is 1. The van der Waals surface area contributed by atoms with Crippen molar-refractivity contribution in [1.29, 1.82) is 0 Å². The molecule has 1 saturated heterocycles. The van der Waals surface area contributed by atoms with E-state index in [0.29, 0.717) is 12.0 Å². The third-order valence-corrected chi connectivity index (χ3v) is 5.69. The summed E-state index contributed by atoms with van der Waals surface area (Å²) < 4.78 is 0. The molecule has 21 heavy (non-hydrogen) atoms. The Morgan fingerprint density at radius 1 is 1.10 bits per heavy atom. The van der Waals surface area contributed by atoms with Crippen LogP contribution in [0.25, 0.3) is 0 Å². The van der Waals surface area contributed by atoms with Crippen LogP contribution in [-0.2, 0) is 4.79 Å². The van der Waals surface area contributed by atoms with Crippen LogP contribution in [0, 0.1) is 5.92 Å². The van der Waals surface area contributed by atoms with Crippen LogP contribution in [-0.4, -0.2) is 40.1 Å². The third kappa shape index (κ3) is 3.01. The zero-order valence-corrected chi connectivity index (χ0v) is 12.6. The first-order valence-electron chi connectivity index (χ1n) is 8.40. The fourth-order valence-corrected chi connectivity index (χ4v) is 4.64. The SMILES string of the molecule is O=C(O)CC1(NC(=O)N2CCC3CCCCC32)CCCC1. The Morgan fingerprint density at radius 3 is 2.52 bits per heavy atom. The van der Waals surface area contributed by atoms with Gasteiger partial charge in [0.15, 0.2) is 0 Å². The van der Waals surface area contributed by atoms with Gasteiger partial charge in [0, 0.05) is 12.6 Å². The second-order valence-corrected chi connectivity index (χ2v) is 7.08. The zero-order chi connectivity index (χ0) is 14.9. The molecule has 2 aliphatic carbocycles. The average Bonchev–Trinajstić information content (AvgIpc) is 3.04. The molecule has 3 aliphatic rings. The van der Waals surface area contributed by atoms with Gasteiger partial charge >= 0.3 is 12.0 Å². The van der Waals surface area contributed by atoms with Crippen molar-refractivity contribution in [2.45, 2.75) is 75.8 Å². The van der Waals surface area contributed by atoms with E-state index in [9.17, 15) is 9.59 Å². The molecular formula is C16H26N2O3. The van der Waals surface area contributed by atoms with Gasteiger partial charge in [0.2, 0.25) is 0 Å². The fraction of sp³-hybridized carbons (Fsp3) is 0.875. The van der Waals surface area contributed by atoms with Crippen molar-refractivity contribution in [2.75, 3.05) is 6.54 Å². The molecular weight excluding hydrogens is 268 g/mol. The lowest BCUT2D eigenvalue weighted by molar-refractivity contribution is -0.138. The molecule has 0 bridgehead atoms. The van der Waals surface area contributed by atoms with Gasteiger partial charge in [0.1, 0.15) is 0 Å². The topological polar surface area (TPSA) is 69.6 Å². The predicted molar refractivity (Wildman–Crippen MR) is 79.1 cm³/mol. The number of carboxylic acids is 1. The minimum absolute atomic E-state index is 0.0208. The number of amides is 2. The van der Waals surface area contributed by atoms with E-state index in [1.165, 1.54) is 19.3 Å². The first-order valence-corrected chi connectivity index (χ1v) is 8.40. The molecule has 0 aromatic heterocycles. The lowest BCUT2D eigenvalue weighted by Crippen LogP contribution is -2.54. The summed E-state index contributed by atoms with van der Waals surface area (Å²) in [5.74, 6) is -0.141. The quantitative estimate of drug-likeness (QED) is 0.841. The van der Waals surface area contributed by atoms with Gasteiger partial charge in [-0.05, 0) is 38.0 Å². The van der Waals surface area contributed by atoms with Crippen LogP contribution in [0.1, 0.15) is 64.2 Å². The third-order valence-electron chi connectivity index (χ3n) is 5.69. The number of carbonyl (C=O) groups is 2. The number of hydrogen-bond acceptors (Lipinski definition) is 2. The average molecular weight is 294 g/mol. The molecule has 5 nitrogen and oxygen atoms in total. The molecule has 2 atom stereocenters. The van der Waals surface area contributed by atoms with Crippen LogP contribution in [0.5, 0.6) is 0 Å². The molecule has 0 radical (unpaired) electrons. The smallest absolute Gasteiger partial charge is 0.318 e. The normalized spacial score (nSPS) is 31.0. The van der Waals surface area contributed by atoms with Crippen molar-refractivity contribution in [1.82, 2.24) is 10.2 Å². The molecule has 118 valence electrons. The van der Waals surface area contributed by atoms with E-state index in [1.54, 1.807) is 0 Å². The highest BCUT2D eigenvalue weighted by atomic mass is 16.4. The number of carbonyl (C=O) groups excluding carboxylic acids is 1. The van der Waals surface area contributed by atoms with Gasteiger partial charge in [-0.1, -0.05) is 25.7 Å². The zero-order valence-electron chi connectivity index (χ0n) is 12.6. The van der Waals surface area contributed by atoms with Gasteiger partial charge in [0.25, 0.3) is 0 Å². The molecule has 2 unspecified atom stereocenters. The molecule has 0 aromatic carbocycles. The lowest BCUT2D eigenvalue weighted by atomic mass is 9.85. The summed E-state index contributed by atoms with van der Waals surface area (Å²) in [5, 5.41) is 12.2. The summed E-state index contributed by atoms with van der Waals surface area (Å²) in [7, 11) is 0. The van der Waals surface area contributed by atoms with Crippen molar-refractivity contribution in [3.05, 3.63) is 0 Å². The number of nitrogens with one attached hydrogen (secondary N) is 1. The van der Waals surface area contributed by atoms with Crippen molar-refractivity contribution < 1.29 is 14.7 Å². The van der Waals surface area contributed by atoms with Gasteiger partial charge in [-0.25, -0.2) is 4.79 Å². The summed E-state index contributed by atoms with van der Waals surface area (Å²) in [6.45, 7) is 0.838. The highest BCUT2D eigenvalue weighted by Gasteiger charge is 2.42. The Labute approximate surface area is 126 Å². The first-order chi connectivity index (χ1) is 10.1. The Bertz CT molecular complexity index is 418. The van der Waals surface area contributed by atoms with Crippen molar-refractivity contribution >= 4 is 12.0 Å². The van der Waals surface area contributed by atoms with Crippen LogP contribution in [0.4, 0.5) is 4.79 Å². The molecule has 0 spiro atoms. The van der Waals surface area contributed by atoms with Crippen molar-refractivity contribution in [3.8, 4) is 0 Å². The van der Waals surface area contributed by atoms with Gasteiger partial charge in [0.05, 0.1) is 12.0 Å². The van der Waals surface area contributed by atoms with E-state index in [2.05, 4.69) is 5.32 Å². The van der Waals surface area contributed by atoms with E-state index in [0.717, 1.165) is 45.1 Å². The molecule has 1 aliphatic heterocycles. The highest BCUT2D eigenvalue weighted by Crippen LogP contribution is 2.37. The molecule has 1 heterocycles. The molecule has 2 N–H and O–H groups in total. The van der Waals surface area contributed by atoms with Gasteiger partial charge < -0.3 is 15.3 Å². The minimum Gasteiger partial charge on any atom is -0.481 e. The van der Waals surface area contributed by atoms with Crippen molar-refractivity contribution in [2.24, 2.45) is 5.92 Å². The number of urea groups is 1. The monoisotopic (exact) mass is 294 g/mol. The largest absolute Gasteiger partial charge is 0.481 e. The van der Waals surface area contributed by atoms with Gasteiger partial charge in [-0.15, -0.1) is 0 Å². The number of carboxylic acid groups (broad SMARTS) is 1. The molecule has 2 amide bonds. The molecule has 3 rings (SSSR count). The molecule has 0 aromatic rings. The Hall–Kier alpha value is -1.26. The van der Waals surface area contributed by atoms with E-state index in [-0.39, 0.29) is 12.5 Å². The van der Waals surface area contributed by atoms with Crippen molar-refractivity contribution in [3.63, 3.8) is 0 Å². The van der Waals surface area contributed by atoms with Gasteiger partial charge in [-0.3, -0.25) is 4.79 Å². The Kier molecular flexibility index (Phi) is 4.09. The molecule has 2 saturated carbocycles. The van der Waals surface area contributed by atoms with E-state index in [4.69, 9.17) is 5.11 Å². The van der Waals surface area contributed by atoms with Crippen LogP contribution < -0.4 is 5.32 Å². The summed E-state index contributed by atoms with van der Waals surface area (Å²) in [4.78, 5) is 25.8. The summed E-state index contributed by atoms with van der Waals surface area (Å²) in [5.41, 5.74) is -0.504. The first kappa shape index (κ1) is 14.7.